The van der Waals surface area contributed by atoms with Gasteiger partial charge in [0, 0.05) is 12.6 Å². The number of aryl methyl sites for hydroxylation is 2. The summed E-state index contributed by atoms with van der Waals surface area (Å²) in [6.07, 6.45) is 0.718. The Labute approximate surface area is 127 Å². The summed E-state index contributed by atoms with van der Waals surface area (Å²) in [6, 6.07) is 12.4. The number of fused-ring (bicyclic) bond motifs is 1. The lowest BCUT2D eigenvalue weighted by Gasteiger charge is -2.06. The first-order chi connectivity index (χ1) is 10.2. The van der Waals surface area contributed by atoms with Gasteiger partial charge < -0.3 is 14.3 Å². The van der Waals surface area contributed by atoms with E-state index in [1.165, 1.54) is 6.07 Å². The molecule has 0 saturated heterocycles. The van der Waals surface area contributed by atoms with E-state index < -0.39 is 0 Å². The number of hydrogen-bond donors (Lipinski definition) is 1. The molecule has 5 heteroatoms. The molecule has 3 nitrogen and oxygen atoms in total. The first kappa shape index (κ1) is 13.8. The van der Waals surface area contributed by atoms with Gasteiger partial charge in [0.2, 0.25) is 0 Å². The molecule has 1 heterocycles. The number of nitrogens with one attached hydrogen (secondary N) is 1. The number of aromatic amines is 1. The number of nitrogens with zero attached hydrogens (tertiary/aromatic N) is 1. The molecule has 0 bridgehead atoms. The highest BCUT2D eigenvalue weighted by atomic mass is 32.1. The first-order valence-electron chi connectivity index (χ1n) is 6.68. The molecule has 0 radical (unpaired) electrons. The summed E-state index contributed by atoms with van der Waals surface area (Å²) in [5.74, 6) is 0.577. The summed E-state index contributed by atoms with van der Waals surface area (Å²) in [5.41, 5.74) is 2.92. The van der Waals surface area contributed by atoms with E-state index in [4.69, 9.17) is 17.0 Å². The van der Waals surface area contributed by atoms with Crippen molar-refractivity contribution in [2.24, 2.45) is 0 Å². The summed E-state index contributed by atoms with van der Waals surface area (Å²) in [6.45, 7) is 0.690. The van der Waals surface area contributed by atoms with Crippen molar-refractivity contribution in [3.8, 4) is 5.75 Å². The van der Waals surface area contributed by atoms with Crippen LogP contribution in [0.15, 0.2) is 42.5 Å². The van der Waals surface area contributed by atoms with E-state index in [2.05, 4.69) is 4.98 Å². The molecule has 0 spiro atoms. The zero-order valence-electron chi connectivity index (χ0n) is 11.6. The van der Waals surface area contributed by atoms with Crippen LogP contribution in [-0.2, 0) is 13.0 Å². The van der Waals surface area contributed by atoms with Crippen molar-refractivity contribution in [2.45, 2.75) is 13.0 Å². The van der Waals surface area contributed by atoms with E-state index >= 15 is 0 Å². The lowest BCUT2D eigenvalue weighted by molar-refractivity contribution is 0.415. The number of hydrogen-bond acceptors (Lipinski definition) is 2. The van der Waals surface area contributed by atoms with Gasteiger partial charge in [-0.2, -0.15) is 0 Å². The highest BCUT2D eigenvalue weighted by Gasteiger charge is 2.06. The lowest BCUT2D eigenvalue weighted by atomic mass is 10.1. The van der Waals surface area contributed by atoms with Crippen molar-refractivity contribution < 1.29 is 9.13 Å². The Bertz CT molecular complexity index is 838. The van der Waals surface area contributed by atoms with E-state index in [-0.39, 0.29) is 5.82 Å². The second kappa shape index (κ2) is 5.69. The minimum absolute atomic E-state index is 0.211. The van der Waals surface area contributed by atoms with Gasteiger partial charge in [0.05, 0.1) is 18.1 Å². The highest BCUT2D eigenvalue weighted by Crippen LogP contribution is 2.21. The Balaban J connectivity index is 1.92. The molecule has 0 aliphatic rings. The van der Waals surface area contributed by atoms with Crippen LogP contribution in [0.5, 0.6) is 5.75 Å². The van der Waals surface area contributed by atoms with Crippen LogP contribution in [0.3, 0.4) is 0 Å². The van der Waals surface area contributed by atoms with Crippen molar-refractivity contribution in [1.29, 1.82) is 0 Å². The molecule has 0 aliphatic carbocycles. The number of imidazole rings is 1. The topological polar surface area (TPSA) is 29.9 Å². The van der Waals surface area contributed by atoms with Crippen molar-refractivity contribution in [3.63, 3.8) is 0 Å². The predicted molar refractivity (Wildman–Crippen MR) is 83.8 cm³/mol. The Morgan fingerprint density at radius 1 is 1.24 bits per heavy atom. The van der Waals surface area contributed by atoms with Crippen LogP contribution < -0.4 is 4.74 Å². The standard InChI is InChI=1S/C16H15FN2OS/c1-20-13-5-6-14-15(10-13)19(16(21)18-14)8-7-11-3-2-4-12(17)9-11/h2-6,9-10H,7-8H2,1H3,(H,18,21). The van der Waals surface area contributed by atoms with E-state index in [1.54, 1.807) is 19.2 Å². The van der Waals surface area contributed by atoms with Crippen LogP contribution in [0.4, 0.5) is 4.39 Å². The third-order valence-electron chi connectivity index (χ3n) is 3.50. The summed E-state index contributed by atoms with van der Waals surface area (Å²) in [5, 5.41) is 0. The van der Waals surface area contributed by atoms with Crippen LogP contribution >= 0.6 is 12.2 Å². The van der Waals surface area contributed by atoms with Crippen molar-refractivity contribution in [1.82, 2.24) is 9.55 Å². The molecule has 0 aliphatic heterocycles. The average molecular weight is 302 g/mol. The van der Waals surface area contributed by atoms with Crippen LogP contribution in [0.25, 0.3) is 11.0 Å². The summed E-state index contributed by atoms with van der Waals surface area (Å²) in [7, 11) is 1.64. The zero-order valence-corrected chi connectivity index (χ0v) is 12.4. The van der Waals surface area contributed by atoms with Crippen LogP contribution in [0.2, 0.25) is 0 Å². The van der Waals surface area contributed by atoms with Crippen molar-refractivity contribution in [2.75, 3.05) is 7.11 Å². The second-order valence-electron chi connectivity index (χ2n) is 4.84. The van der Waals surface area contributed by atoms with Gasteiger partial charge in [0.1, 0.15) is 11.6 Å². The number of halogens is 1. The van der Waals surface area contributed by atoms with Gasteiger partial charge in [-0.3, -0.25) is 0 Å². The van der Waals surface area contributed by atoms with E-state index in [1.807, 2.05) is 28.8 Å². The van der Waals surface area contributed by atoms with Gasteiger partial charge in [-0.05, 0) is 48.5 Å². The average Bonchev–Trinajstić information content (AvgIpc) is 2.79. The number of aromatic nitrogens is 2. The molecule has 1 N–H and O–H groups in total. The second-order valence-corrected chi connectivity index (χ2v) is 5.23. The van der Waals surface area contributed by atoms with E-state index in [0.717, 1.165) is 28.8 Å². The highest BCUT2D eigenvalue weighted by molar-refractivity contribution is 7.71. The van der Waals surface area contributed by atoms with Crippen LogP contribution in [-0.4, -0.2) is 16.7 Å². The SMILES string of the molecule is COc1ccc2[nH]c(=S)n(CCc3cccc(F)c3)c2c1. The molecule has 21 heavy (non-hydrogen) atoms. The molecule has 0 amide bonds. The molecular weight excluding hydrogens is 287 g/mol. The maximum atomic E-state index is 13.2. The lowest BCUT2D eigenvalue weighted by Crippen LogP contribution is -2.01. The Kier molecular flexibility index (Phi) is 3.75. The van der Waals surface area contributed by atoms with Gasteiger partial charge in [-0.25, -0.2) is 4.39 Å². The molecule has 108 valence electrons. The summed E-state index contributed by atoms with van der Waals surface area (Å²) in [4.78, 5) is 3.17. The molecule has 0 fully saturated rings. The van der Waals surface area contributed by atoms with Gasteiger partial charge in [0.15, 0.2) is 4.77 Å². The largest absolute Gasteiger partial charge is 0.497 e. The molecule has 1 aromatic heterocycles. The Morgan fingerprint density at radius 3 is 2.86 bits per heavy atom. The molecule has 3 rings (SSSR count). The molecule has 0 saturated carbocycles. The smallest absolute Gasteiger partial charge is 0.178 e. The fraction of sp³-hybridized carbons (Fsp3) is 0.188. The first-order valence-corrected chi connectivity index (χ1v) is 7.09. The summed E-state index contributed by atoms with van der Waals surface area (Å²) < 4.78 is 21.1. The Hall–Kier alpha value is -2.14. The zero-order chi connectivity index (χ0) is 14.8. The maximum absolute atomic E-state index is 13.2. The van der Waals surface area contributed by atoms with Crippen LogP contribution in [0, 0.1) is 10.6 Å². The van der Waals surface area contributed by atoms with Gasteiger partial charge in [-0.15, -0.1) is 0 Å². The van der Waals surface area contributed by atoms with Crippen LogP contribution in [0.1, 0.15) is 5.56 Å². The number of rotatable bonds is 4. The Morgan fingerprint density at radius 2 is 2.10 bits per heavy atom. The number of benzene rings is 2. The molecule has 3 aromatic rings. The fourth-order valence-corrected chi connectivity index (χ4v) is 2.71. The third-order valence-corrected chi connectivity index (χ3v) is 3.82. The monoisotopic (exact) mass is 302 g/mol. The quantitative estimate of drug-likeness (QED) is 0.736. The molecule has 2 aromatic carbocycles. The van der Waals surface area contributed by atoms with Crippen molar-refractivity contribution >= 4 is 23.3 Å². The minimum atomic E-state index is -0.211. The fourth-order valence-electron chi connectivity index (χ4n) is 2.41. The van der Waals surface area contributed by atoms with Crippen molar-refractivity contribution in [3.05, 3.63) is 58.6 Å². The number of H-pyrrole nitrogens is 1. The van der Waals surface area contributed by atoms with Gasteiger partial charge >= 0.3 is 0 Å². The maximum Gasteiger partial charge on any atom is 0.178 e. The van der Waals surface area contributed by atoms with Gasteiger partial charge in [-0.1, -0.05) is 12.1 Å². The van der Waals surface area contributed by atoms with E-state index in [9.17, 15) is 4.39 Å². The molecule has 0 atom stereocenters. The molecule has 0 unspecified atom stereocenters. The van der Waals surface area contributed by atoms with E-state index in [0.29, 0.717) is 11.3 Å². The predicted octanol–water partition coefficient (Wildman–Crippen LogP) is 4.09. The third kappa shape index (κ3) is 2.83. The summed E-state index contributed by atoms with van der Waals surface area (Å²) >= 11 is 5.37. The minimum Gasteiger partial charge on any atom is -0.497 e. The normalized spacial score (nSPS) is 11.0. The number of ether oxygens (including phenoxy) is 1. The molecular formula is C16H15FN2OS. The number of methoxy groups -OCH3 is 1. The van der Waals surface area contributed by atoms with Gasteiger partial charge in [0.25, 0.3) is 0 Å².